The predicted molar refractivity (Wildman–Crippen MR) is 67.9 cm³/mol. The lowest BCUT2D eigenvalue weighted by Gasteiger charge is -2.24. The van der Waals surface area contributed by atoms with Crippen LogP contribution < -0.4 is 4.74 Å². The van der Waals surface area contributed by atoms with E-state index in [1.54, 1.807) is 0 Å². The van der Waals surface area contributed by atoms with Gasteiger partial charge in [-0.05, 0) is 50.7 Å². The highest BCUT2D eigenvalue weighted by Gasteiger charge is 2.25. The van der Waals surface area contributed by atoms with Crippen LogP contribution in [-0.4, -0.2) is 5.97 Å². The monoisotopic (exact) mass is 232 g/mol. The zero-order chi connectivity index (χ0) is 12.3. The molecule has 0 amide bonds. The van der Waals surface area contributed by atoms with Crippen LogP contribution in [0.5, 0.6) is 5.75 Å². The summed E-state index contributed by atoms with van der Waals surface area (Å²) in [7, 11) is 0. The standard InChI is InChI=1S/C15H20O2/c1-11-3-7-13(8-4-11)15(16)17-14-9-5-12(2)6-10-14/h5-6,9-11,13H,3-4,7-8H2,1-2H3. The van der Waals surface area contributed by atoms with E-state index in [1.807, 2.05) is 31.2 Å². The maximum Gasteiger partial charge on any atom is 0.314 e. The zero-order valence-corrected chi connectivity index (χ0v) is 10.6. The number of carbonyl (C=O) groups is 1. The first-order valence-electron chi connectivity index (χ1n) is 6.43. The molecule has 1 aromatic carbocycles. The second kappa shape index (κ2) is 5.35. The number of carbonyl (C=O) groups excluding carboxylic acids is 1. The molecule has 0 heterocycles. The van der Waals surface area contributed by atoms with Crippen LogP contribution >= 0.6 is 0 Å². The SMILES string of the molecule is Cc1ccc(OC(=O)C2CCC(C)CC2)cc1. The lowest BCUT2D eigenvalue weighted by Crippen LogP contribution is -2.24. The van der Waals surface area contributed by atoms with Gasteiger partial charge in [-0.3, -0.25) is 4.79 Å². The summed E-state index contributed by atoms with van der Waals surface area (Å²) >= 11 is 0. The summed E-state index contributed by atoms with van der Waals surface area (Å²) in [4.78, 5) is 11.9. The van der Waals surface area contributed by atoms with Crippen molar-refractivity contribution in [2.24, 2.45) is 11.8 Å². The molecule has 0 spiro atoms. The number of ether oxygens (including phenoxy) is 1. The van der Waals surface area contributed by atoms with Gasteiger partial charge in [0.05, 0.1) is 5.92 Å². The summed E-state index contributed by atoms with van der Waals surface area (Å²) in [6.45, 7) is 4.27. The second-order valence-electron chi connectivity index (χ2n) is 5.19. The predicted octanol–water partition coefficient (Wildman–Crippen LogP) is 3.73. The van der Waals surface area contributed by atoms with Gasteiger partial charge in [-0.25, -0.2) is 0 Å². The molecule has 0 aromatic heterocycles. The average Bonchev–Trinajstić information content (AvgIpc) is 2.33. The molecular weight excluding hydrogens is 212 g/mol. The molecule has 1 aliphatic carbocycles. The highest BCUT2D eigenvalue weighted by Crippen LogP contribution is 2.29. The van der Waals surface area contributed by atoms with Crippen LogP contribution in [0.1, 0.15) is 38.2 Å². The number of hydrogen-bond acceptors (Lipinski definition) is 2. The van der Waals surface area contributed by atoms with Crippen LogP contribution in [0.3, 0.4) is 0 Å². The minimum Gasteiger partial charge on any atom is -0.426 e. The Morgan fingerprint density at radius 1 is 1.12 bits per heavy atom. The molecule has 2 rings (SSSR count). The highest BCUT2D eigenvalue weighted by molar-refractivity contribution is 5.75. The lowest BCUT2D eigenvalue weighted by molar-refractivity contribution is -0.140. The molecule has 1 saturated carbocycles. The molecular formula is C15H20O2. The molecule has 0 aliphatic heterocycles. The lowest BCUT2D eigenvalue weighted by atomic mass is 9.83. The topological polar surface area (TPSA) is 26.3 Å². The molecule has 2 heteroatoms. The highest BCUT2D eigenvalue weighted by atomic mass is 16.5. The number of esters is 1. The maximum absolute atomic E-state index is 11.9. The van der Waals surface area contributed by atoms with Gasteiger partial charge < -0.3 is 4.74 Å². The first-order chi connectivity index (χ1) is 8.15. The summed E-state index contributed by atoms with van der Waals surface area (Å²) in [5, 5.41) is 0. The first-order valence-corrected chi connectivity index (χ1v) is 6.43. The van der Waals surface area contributed by atoms with Gasteiger partial charge in [-0.15, -0.1) is 0 Å². The van der Waals surface area contributed by atoms with Crippen LogP contribution in [0.2, 0.25) is 0 Å². The van der Waals surface area contributed by atoms with E-state index in [2.05, 4.69) is 6.92 Å². The smallest absolute Gasteiger partial charge is 0.314 e. The van der Waals surface area contributed by atoms with Crippen molar-refractivity contribution in [1.82, 2.24) is 0 Å². The summed E-state index contributed by atoms with van der Waals surface area (Å²) in [5.74, 6) is 1.48. The molecule has 0 saturated heterocycles. The van der Waals surface area contributed by atoms with Gasteiger partial charge in [0, 0.05) is 0 Å². The van der Waals surface area contributed by atoms with Gasteiger partial charge in [0.1, 0.15) is 5.75 Å². The van der Waals surface area contributed by atoms with Crippen LogP contribution in [0.4, 0.5) is 0 Å². The van der Waals surface area contributed by atoms with E-state index in [1.165, 1.54) is 5.56 Å². The Hall–Kier alpha value is -1.31. The fourth-order valence-corrected chi connectivity index (χ4v) is 2.30. The Kier molecular flexibility index (Phi) is 3.82. The van der Waals surface area contributed by atoms with Gasteiger partial charge in [-0.2, -0.15) is 0 Å². The van der Waals surface area contributed by atoms with Crippen molar-refractivity contribution in [3.8, 4) is 5.75 Å². The minimum atomic E-state index is -0.0549. The number of benzene rings is 1. The Labute approximate surface area is 103 Å². The third-order valence-corrected chi connectivity index (χ3v) is 3.59. The van der Waals surface area contributed by atoms with Crippen LogP contribution in [0.15, 0.2) is 24.3 Å². The minimum absolute atomic E-state index is 0.0549. The van der Waals surface area contributed by atoms with E-state index < -0.39 is 0 Å². The summed E-state index contributed by atoms with van der Waals surface area (Å²) in [6, 6.07) is 7.65. The van der Waals surface area contributed by atoms with Gasteiger partial charge in [0.25, 0.3) is 0 Å². The van der Waals surface area contributed by atoms with Gasteiger partial charge >= 0.3 is 5.97 Å². The van der Waals surface area contributed by atoms with Crippen LogP contribution in [0, 0.1) is 18.8 Å². The third-order valence-electron chi connectivity index (χ3n) is 3.59. The van der Waals surface area contributed by atoms with Crippen molar-refractivity contribution in [3.05, 3.63) is 29.8 Å². The van der Waals surface area contributed by atoms with E-state index >= 15 is 0 Å². The average molecular weight is 232 g/mol. The maximum atomic E-state index is 11.9. The molecule has 0 unspecified atom stereocenters. The van der Waals surface area contributed by atoms with Crippen molar-refractivity contribution >= 4 is 5.97 Å². The first kappa shape index (κ1) is 12.2. The van der Waals surface area contributed by atoms with Gasteiger partial charge in [0.2, 0.25) is 0 Å². The van der Waals surface area contributed by atoms with Crippen molar-refractivity contribution in [2.75, 3.05) is 0 Å². The quantitative estimate of drug-likeness (QED) is 0.573. The molecule has 0 atom stereocenters. The van der Waals surface area contributed by atoms with E-state index in [-0.39, 0.29) is 11.9 Å². The van der Waals surface area contributed by atoms with Crippen LogP contribution in [0.25, 0.3) is 0 Å². The fraction of sp³-hybridized carbons (Fsp3) is 0.533. The van der Waals surface area contributed by atoms with Gasteiger partial charge in [-0.1, -0.05) is 24.6 Å². The van der Waals surface area contributed by atoms with E-state index in [4.69, 9.17) is 4.74 Å². The van der Waals surface area contributed by atoms with Crippen molar-refractivity contribution in [2.45, 2.75) is 39.5 Å². The molecule has 1 fully saturated rings. The number of rotatable bonds is 2. The van der Waals surface area contributed by atoms with E-state index in [9.17, 15) is 4.79 Å². The molecule has 92 valence electrons. The summed E-state index contributed by atoms with van der Waals surface area (Å²) in [6.07, 6.45) is 4.25. The largest absolute Gasteiger partial charge is 0.426 e. The Balaban J connectivity index is 1.90. The molecule has 1 aliphatic rings. The Bertz CT molecular complexity index is 372. The number of aryl methyl sites for hydroxylation is 1. The van der Waals surface area contributed by atoms with E-state index in [0.29, 0.717) is 5.75 Å². The van der Waals surface area contributed by atoms with Gasteiger partial charge in [0.15, 0.2) is 0 Å². The third kappa shape index (κ3) is 3.32. The normalized spacial score (nSPS) is 24.4. The molecule has 17 heavy (non-hydrogen) atoms. The Morgan fingerprint density at radius 3 is 2.29 bits per heavy atom. The van der Waals surface area contributed by atoms with Crippen LogP contribution in [-0.2, 0) is 4.79 Å². The summed E-state index contributed by atoms with van der Waals surface area (Å²) in [5.41, 5.74) is 1.18. The van der Waals surface area contributed by atoms with E-state index in [0.717, 1.165) is 31.6 Å². The van der Waals surface area contributed by atoms with Crippen molar-refractivity contribution < 1.29 is 9.53 Å². The Morgan fingerprint density at radius 2 is 1.71 bits per heavy atom. The zero-order valence-electron chi connectivity index (χ0n) is 10.6. The second-order valence-corrected chi connectivity index (χ2v) is 5.19. The molecule has 0 N–H and O–H groups in total. The fourth-order valence-electron chi connectivity index (χ4n) is 2.30. The number of hydrogen-bond donors (Lipinski definition) is 0. The molecule has 0 bridgehead atoms. The molecule has 2 nitrogen and oxygen atoms in total. The summed E-state index contributed by atoms with van der Waals surface area (Å²) < 4.78 is 5.41. The van der Waals surface area contributed by atoms with Crippen molar-refractivity contribution in [1.29, 1.82) is 0 Å². The molecule has 1 aromatic rings. The van der Waals surface area contributed by atoms with Crippen molar-refractivity contribution in [3.63, 3.8) is 0 Å². The molecule has 0 radical (unpaired) electrons.